The second-order valence-corrected chi connectivity index (χ2v) is 6.73. The molecule has 0 aromatic heterocycles. The number of carbonyl (C=O) groups is 2. The lowest BCUT2D eigenvalue weighted by atomic mass is 10.2. The Morgan fingerprint density at radius 3 is 2.22 bits per heavy atom. The molecule has 0 saturated heterocycles. The highest BCUT2D eigenvalue weighted by atomic mass is 79.9. The fourth-order valence-electron chi connectivity index (χ4n) is 2.14. The van der Waals surface area contributed by atoms with Crippen molar-refractivity contribution in [1.29, 1.82) is 0 Å². The van der Waals surface area contributed by atoms with Crippen LogP contribution in [0.5, 0.6) is 5.75 Å². The lowest BCUT2D eigenvalue weighted by molar-refractivity contribution is -0.115. The van der Waals surface area contributed by atoms with E-state index in [9.17, 15) is 9.59 Å². The minimum absolute atomic E-state index is 0.0555. The van der Waals surface area contributed by atoms with Crippen LogP contribution in [0.3, 0.4) is 0 Å². The van der Waals surface area contributed by atoms with Crippen LogP contribution < -0.4 is 20.7 Å². The molecule has 2 rings (SSSR count). The largest absolute Gasteiger partial charge is 0.493 e. The summed E-state index contributed by atoms with van der Waals surface area (Å²) in [7, 11) is 0. The first-order valence-corrected chi connectivity index (χ1v) is 9.57. The topological polar surface area (TPSA) is 79.5 Å². The molecule has 2 amide bonds. The van der Waals surface area contributed by atoms with Crippen molar-refractivity contribution in [2.24, 2.45) is 0 Å². The molecule has 0 unspecified atom stereocenters. The smallest absolute Gasteiger partial charge is 0.257 e. The first-order valence-electron chi connectivity index (χ1n) is 8.37. The molecule has 8 heteroatoms. The molecule has 0 bridgehead atoms. The van der Waals surface area contributed by atoms with Gasteiger partial charge in [-0.3, -0.25) is 14.9 Å². The van der Waals surface area contributed by atoms with E-state index in [2.05, 4.69) is 31.9 Å². The van der Waals surface area contributed by atoms with E-state index in [1.54, 1.807) is 49.4 Å². The van der Waals surface area contributed by atoms with Crippen LogP contribution in [0.25, 0.3) is 0 Å². The van der Waals surface area contributed by atoms with Gasteiger partial charge in [0.25, 0.3) is 5.91 Å². The third-order valence-electron chi connectivity index (χ3n) is 3.47. The van der Waals surface area contributed by atoms with E-state index in [0.29, 0.717) is 40.2 Å². The molecule has 0 saturated carbocycles. The van der Waals surface area contributed by atoms with Gasteiger partial charge in [-0.05, 0) is 77.5 Å². The van der Waals surface area contributed by atoms with Crippen LogP contribution in [0.1, 0.15) is 30.6 Å². The highest BCUT2D eigenvalue weighted by molar-refractivity contribution is 9.10. The SMILES string of the molecule is CCOc1ccc(C(=O)NC(=S)Nc2ccc(NC(=O)CC)cc2)cc1Br. The van der Waals surface area contributed by atoms with Crippen molar-refractivity contribution in [1.82, 2.24) is 5.32 Å². The Hall–Kier alpha value is -2.45. The second-order valence-electron chi connectivity index (χ2n) is 5.47. The summed E-state index contributed by atoms with van der Waals surface area (Å²) in [6.07, 6.45) is 0.414. The van der Waals surface area contributed by atoms with Crippen LogP contribution in [0.4, 0.5) is 11.4 Å². The van der Waals surface area contributed by atoms with E-state index in [4.69, 9.17) is 17.0 Å². The van der Waals surface area contributed by atoms with Crippen molar-refractivity contribution >= 4 is 56.4 Å². The van der Waals surface area contributed by atoms with Gasteiger partial charge in [-0.1, -0.05) is 6.92 Å². The molecular formula is C19H20BrN3O3S. The maximum absolute atomic E-state index is 12.3. The van der Waals surface area contributed by atoms with Crippen molar-refractivity contribution < 1.29 is 14.3 Å². The standard InChI is InChI=1S/C19H20BrN3O3S/c1-3-17(24)21-13-6-8-14(9-7-13)22-19(27)23-18(25)12-5-10-16(26-4-2)15(20)11-12/h5-11H,3-4H2,1-2H3,(H,21,24)(H2,22,23,25,27). The molecule has 0 aliphatic carbocycles. The maximum atomic E-state index is 12.3. The molecule has 142 valence electrons. The molecule has 0 atom stereocenters. The number of ether oxygens (including phenoxy) is 1. The Morgan fingerprint density at radius 1 is 1.04 bits per heavy atom. The van der Waals surface area contributed by atoms with Crippen molar-refractivity contribution in [2.75, 3.05) is 17.2 Å². The molecule has 0 radical (unpaired) electrons. The average molecular weight is 450 g/mol. The van der Waals surface area contributed by atoms with Gasteiger partial charge in [0.15, 0.2) is 5.11 Å². The van der Waals surface area contributed by atoms with E-state index < -0.39 is 0 Å². The van der Waals surface area contributed by atoms with Crippen LogP contribution in [0, 0.1) is 0 Å². The molecular weight excluding hydrogens is 430 g/mol. The number of amides is 2. The lowest BCUT2D eigenvalue weighted by Gasteiger charge is -2.11. The van der Waals surface area contributed by atoms with Crippen LogP contribution >= 0.6 is 28.1 Å². The van der Waals surface area contributed by atoms with Gasteiger partial charge in [-0.25, -0.2) is 0 Å². The number of nitrogens with one attached hydrogen (secondary N) is 3. The summed E-state index contributed by atoms with van der Waals surface area (Å²) in [5.74, 6) is 0.285. The Labute approximate surface area is 171 Å². The summed E-state index contributed by atoms with van der Waals surface area (Å²) < 4.78 is 6.12. The number of hydrogen-bond donors (Lipinski definition) is 3. The highest BCUT2D eigenvalue weighted by Crippen LogP contribution is 2.26. The van der Waals surface area contributed by atoms with Gasteiger partial charge >= 0.3 is 0 Å². The molecule has 0 aliphatic rings. The van der Waals surface area contributed by atoms with E-state index in [0.717, 1.165) is 0 Å². The number of rotatable bonds is 6. The number of benzene rings is 2. The number of thiocarbonyl (C=S) groups is 1. The van der Waals surface area contributed by atoms with Gasteiger partial charge in [-0.2, -0.15) is 0 Å². The van der Waals surface area contributed by atoms with Gasteiger partial charge in [0.05, 0.1) is 11.1 Å². The van der Waals surface area contributed by atoms with E-state index in [1.165, 1.54) is 0 Å². The summed E-state index contributed by atoms with van der Waals surface area (Å²) >= 11 is 8.57. The first kappa shape index (κ1) is 20.9. The zero-order valence-electron chi connectivity index (χ0n) is 15.0. The molecule has 0 aliphatic heterocycles. The van der Waals surface area contributed by atoms with Crippen molar-refractivity contribution in [2.45, 2.75) is 20.3 Å². The van der Waals surface area contributed by atoms with Gasteiger partial charge in [0.2, 0.25) is 5.91 Å². The number of carbonyl (C=O) groups excluding carboxylic acids is 2. The first-order chi connectivity index (χ1) is 12.9. The molecule has 0 heterocycles. The average Bonchev–Trinajstić information content (AvgIpc) is 2.64. The van der Waals surface area contributed by atoms with Crippen LogP contribution in [-0.4, -0.2) is 23.5 Å². The Bertz CT molecular complexity index is 841. The Balaban J connectivity index is 1.94. The molecule has 2 aromatic carbocycles. The summed E-state index contributed by atoms with van der Waals surface area (Å²) in [4.78, 5) is 23.7. The van der Waals surface area contributed by atoms with Crippen molar-refractivity contribution in [3.63, 3.8) is 0 Å². The van der Waals surface area contributed by atoms with E-state index in [-0.39, 0.29) is 16.9 Å². The zero-order valence-corrected chi connectivity index (χ0v) is 17.4. The molecule has 0 spiro atoms. The fraction of sp³-hybridized carbons (Fsp3) is 0.211. The van der Waals surface area contributed by atoms with Gasteiger partial charge < -0.3 is 15.4 Å². The normalized spacial score (nSPS) is 10.0. The minimum Gasteiger partial charge on any atom is -0.493 e. The summed E-state index contributed by atoms with van der Waals surface area (Å²) in [6, 6.07) is 12.1. The van der Waals surface area contributed by atoms with Crippen LogP contribution in [0.15, 0.2) is 46.9 Å². The van der Waals surface area contributed by atoms with Crippen molar-refractivity contribution in [3.8, 4) is 5.75 Å². The molecule has 0 fully saturated rings. The minimum atomic E-state index is -0.330. The van der Waals surface area contributed by atoms with Crippen LogP contribution in [0.2, 0.25) is 0 Å². The number of anilines is 2. The third-order valence-corrected chi connectivity index (χ3v) is 4.29. The number of hydrogen-bond acceptors (Lipinski definition) is 4. The fourth-order valence-corrected chi connectivity index (χ4v) is 2.84. The Morgan fingerprint density at radius 2 is 1.67 bits per heavy atom. The van der Waals surface area contributed by atoms with E-state index >= 15 is 0 Å². The quantitative estimate of drug-likeness (QED) is 0.572. The second kappa shape index (κ2) is 10.0. The predicted molar refractivity (Wildman–Crippen MR) is 114 cm³/mol. The summed E-state index contributed by atoms with van der Waals surface area (Å²) in [5.41, 5.74) is 1.84. The molecule has 6 nitrogen and oxygen atoms in total. The van der Waals surface area contributed by atoms with Gasteiger partial charge in [-0.15, -0.1) is 0 Å². The van der Waals surface area contributed by atoms with Crippen molar-refractivity contribution in [3.05, 3.63) is 52.5 Å². The van der Waals surface area contributed by atoms with Crippen LogP contribution in [-0.2, 0) is 4.79 Å². The molecule has 2 aromatic rings. The zero-order chi connectivity index (χ0) is 19.8. The maximum Gasteiger partial charge on any atom is 0.257 e. The van der Waals surface area contributed by atoms with Gasteiger partial charge in [0.1, 0.15) is 5.75 Å². The Kier molecular flexibility index (Phi) is 7.75. The highest BCUT2D eigenvalue weighted by Gasteiger charge is 2.11. The third kappa shape index (κ3) is 6.33. The lowest BCUT2D eigenvalue weighted by Crippen LogP contribution is -2.34. The van der Waals surface area contributed by atoms with E-state index in [1.807, 2.05) is 6.92 Å². The number of halogens is 1. The monoisotopic (exact) mass is 449 g/mol. The summed E-state index contributed by atoms with van der Waals surface area (Å²) in [6.45, 7) is 4.22. The van der Waals surface area contributed by atoms with Gasteiger partial charge in [0, 0.05) is 23.4 Å². The molecule has 27 heavy (non-hydrogen) atoms. The summed E-state index contributed by atoms with van der Waals surface area (Å²) in [5, 5.41) is 8.50. The predicted octanol–water partition coefficient (Wildman–Crippen LogP) is 4.32. The molecule has 3 N–H and O–H groups in total.